The minimum Gasteiger partial charge on any atom is -0.466 e. The normalized spacial score (nSPS) is 9.93. The Morgan fingerprint density at radius 2 is 2.27 bits per heavy atom. The lowest BCUT2D eigenvalue weighted by molar-refractivity contribution is -0.145. The van der Waals surface area contributed by atoms with Crippen LogP contribution in [0, 0.1) is 0 Å². The van der Waals surface area contributed by atoms with Gasteiger partial charge in [-0.2, -0.15) is 5.10 Å². The zero-order valence-corrected chi connectivity index (χ0v) is 8.68. The Balaban J connectivity index is 2.22. The fourth-order valence-corrected chi connectivity index (χ4v) is 1.13. The summed E-state index contributed by atoms with van der Waals surface area (Å²) in [5.74, 6) is -0.577. The SMILES string of the molecule is CCOC(=O)CC(=O)CCn1cccn1. The van der Waals surface area contributed by atoms with Crippen LogP contribution in [-0.4, -0.2) is 28.1 Å². The fraction of sp³-hybridized carbons (Fsp3) is 0.500. The number of hydrogen-bond acceptors (Lipinski definition) is 4. The second-order valence-corrected chi connectivity index (χ2v) is 3.04. The summed E-state index contributed by atoms with van der Waals surface area (Å²) >= 11 is 0. The average Bonchev–Trinajstić information content (AvgIpc) is 2.67. The number of aromatic nitrogens is 2. The van der Waals surface area contributed by atoms with Gasteiger partial charge in [-0.1, -0.05) is 0 Å². The first-order valence-corrected chi connectivity index (χ1v) is 4.87. The van der Waals surface area contributed by atoms with E-state index in [1.807, 2.05) is 0 Å². The molecule has 1 rings (SSSR count). The number of carbonyl (C=O) groups is 2. The van der Waals surface area contributed by atoms with Crippen molar-refractivity contribution in [1.29, 1.82) is 0 Å². The smallest absolute Gasteiger partial charge is 0.313 e. The van der Waals surface area contributed by atoms with Gasteiger partial charge in [0.25, 0.3) is 0 Å². The van der Waals surface area contributed by atoms with Crippen LogP contribution in [0.1, 0.15) is 19.8 Å². The third-order valence-corrected chi connectivity index (χ3v) is 1.83. The molecule has 1 heterocycles. The molecule has 1 aromatic rings. The van der Waals surface area contributed by atoms with Crippen LogP contribution < -0.4 is 0 Å². The number of hydrogen-bond donors (Lipinski definition) is 0. The van der Waals surface area contributed by atoms with E-state index in [0.29, 0.717) is 19.6 Å². The van der Waals surface area contributed by atoms with Crippen LogP contribution in [0.15, 0.2) is 18.5 Å². The Morgan fingerprint density at radius 3 is 2.87 bits per heavy atom. The lowest BCUT2D eigenvalue weighted by Gasteiger charge is -2.01. The van der Waals surface area contributed by atoms with Gasteiger partial charge in [0.1, 0.15) is 12.2 Å². The predicted molar refractivity (Wildman–Crippen MR) is 53.1 cm³/mol. The number of rotatable bonds is 6. The van der Waals surface area contributed by atoms with E-state index < -0.39 is 5.97 Å². The van der Waals surface area contributed by atoms with Crippen molar-refractivity contribution in [3.05, 3.63) is 18.5 Å². The monoisotopic (exact) mass is 210 g/mol. The van der Waals surface area contributed by atoms with Crippen molar-refractivity contribution in [3.63, 3.8) is 0 Å². The summed E-state index contributed by atoms with van der Waals surface area (Å²) in [7, 11) is 0. The topological polar surface area (TPSA) is 61.2 Å². The summed E-state index contributed by atoms with van der Waals surface area (Å²) < 4.78 is 6.32. The van der Waals surface area contributed by atoms with Gasteiger partial charge in [-0.3, -0.25) is 14.3 Å². The Morgan fingerprint density at radius 1 is 1.47 bits per heavy atom. The van der Waals surface area contributed by atoms with E-state index in [1.165, 1.54) is 0 Å². The molecular formula is C10H14N2O3. The van der Waals surface area contributed by atoms with Crippen LogP contribution in [0.2, 0.25) is 0 Å². The maximum absolute atomic E-state index is 11.3. The van der Waals surface area contributed by atoms with Crippen LogP contribution in [0.5, 0.6) is 0 Å². The highest BCUT2D eigenvalue weighted by Crippen LogP contribution is 1.96. The van der Waals surface area contributed by atoms with Gasteiger partial charge >= 0.3 is 5.97 Å². The summed E-state index contributed by atoms with van der Waals surface area (Å²) in [5, 5.41) is 3.95. The maximum Gasteiger partial charge on any atom is 0.313 e. The van der Waals surface area contributed by atoms with E-state index in [4.69, 9.17) is 0 Å². The third kappa shape index (κ3) is 4.39. The minimum absolute atomic E-state index is 0.121. The number of nitrogens with zero attached hydrogens (tertiary/aromatic N) is 2. The molecule has 0 spiro atoms. The van der Waals surface area contributed by atoms with Crippen molar-refractivity contribution in [2.24, 2.45) is 0 Å². The summed E-state index contributed by atoms with van der Waals surface area (Å²) in [6.07, 6.45) is 3.59. The molecule has 0 saturated carbocycles. The average molecular weight is 210 g/mol. The molecule has 0 aliphatic rings. The van der Waals surface area contributed by atoms with E-state index in [2.05, 4.69) is 9.84 Å². The summed E-state index contributed by atoms with van der Waals surface area (Å²) in [6.45, 7) is 2.53. The standard InChI is InChI=1S/C10H14N2O3/c1-2-15-10(14)8-9(13)4-7-12-6-3-5-11-12/h3,5-6H,2,4,7-8H2,1H3. The highest BCUT2D eigenvalue weighted by atomic mass is 16.5. The molecule has 0 amide bonds. The molecule has 5 heteroatoms. The molecule has 0 saturated heterocycles. The zero-order chi connectivity index (χ0) is 11.1. The number of Topliss-reactive ketones (excluding diaryl/α,β-unsaturated/α-hetero) is 1. The van der Waals surface area contributed by atoms with Crippen molar-refractivity contribution in [2.45, 2.75) is 26.3 Å². The summed E-state index contributed by atoms with van der Waals surface area (Å²) in [6, 6.07) is 1.79. The van der Waals surface area contributed by atoms with Crippen molar-refractivity contribution in [1.82, 2.24) is 9.78 Å². The number of esters is 1. The lowest BCUT2D eigenvalue weighted by Crippen LogP contribution is -2.13. The van der Waals surface area contributed by atoms with Gasteiger partial charge in [-0.15, -0.1) is 0 Å². The minimum atomic E-state index is -0.456. The van der Waals surface area contributed by atoms with Gasteiger partial charge in [0, 0.05) is 25.4 Å². The van der Waals surface area contributed by atoms with Crippen molar-refractivity contribution >= 4 is 11.8 Å². The lowest BCUT2D eigenvalue weighted by atomic mass is 10.2. The molecule has 0 radical (unpaired) electrons. The van der Waals surface area contributed by atoms with Crippen molar-refractivity contribution < 1.29 is 14.3 Å². The highest BCUT2D eigenvalue weighted by Gasteiger charge is 2.09. The molecule has 0 bridgehead atoms. The first-order chi connectivity index (χ1) is 7.22. The number of ether oxygens (including phenoxy) is 1. The van der Waals surface area contributed by atoms with Gasteiger partial charge < -0.3 is 4.74 Å². The quantitative estimate of drug-likeness (QED) is 0.514. The van der Waals surface area contributed by atoms with Crippen LogP contribution in [0.25, 0.3) is 0 Å². The van der Waals surface area contributed by atoms with Crippen LogP contribution in [0.3, 0.4) is 0 Å². The molecule has 0 aliphatic carbocycles. The van der Waals surface area contributed by atoms with E-state index in [1.54, 1.807) is 30.1 Å². The second-order valence-electron chi connectivity index (χ2n) is 3.04. The Kier molecular flexibility index (Phi) is 4.53. The van der Waals surface area contributed by atoms with Gasteiger partial charge in [-0.25, -0.2) is 0 Å². The molecule has 15 heavy (non-hydrogen) atoms. The molecule has 0 aliphatic heterocycles. The Hall–Kier alpha value is -1.65. The van der Waals surface area contributed by atoms with Gasteiger partial charge in [0.2, 0.25) is 0 Å². The molecule has 5 nitrogen and oxygen atoms in total. The van der Waals surface area contributed by atoms with Crippen molar-refractivity contribution in [2.75, 3.05) is 6.61 Å². The first-order valence-electron chi connectivity index (χ1n) is 4.87. The Bertz CT molecular complexity index is 319. The molecule has 82 valence electrons. The van der Waals surface area contributed by atoms with E-state index in [0.717, 1.165) is 0 Å². The van der Waals surface area contributed by atoms with E-state index >= 15 is 0 Å². The van der Waals surface area contributed by atoms with Crippen LogP contribution in [0.4, 0.5) is 0 Å². The first kappa shape index (κ1) is 11.4. The second kappa shape index (κ2) is 5.95. The molecule has 0 atom stereocenters. The molecule has 0 aromatic carbocycles. The molecule has 0 N–H and O–H groups in total. The maximum atomic E-state index is 11.3. The van der Waals surface area contributed by atoms with Gasteiger partial charge in [0.05, 0.1) is 6.61 Å². The molecule has 1 aromatic heterocycles. The van der Waals surface area contributed by atoms with E-state index in [9.17, 15) is 9.59 Å². The predicted octanol–water partition coefficient (Wildman–Crippen LogP) is 0.796. The van der Waals surface area contributed by atoms with E-state index in [-0.39, 0.29) is 12.2 Å². The number of carbonyl (C=O) groups excluding carboxylic acids is 2. The molecule has 0 unspecified atom stereocenters. The van der Waals surface area contributed by atoms with Crippen molar-refractivity contribution in [3.8, 4) is 0 Å². The molecular weight excluding hydrogens is 196 g/mol. The fourth-order valence-electron chi connectivity index (χ4n) is 1.13. The zero-order valence-electron chi connectivity index (χ0n) is 8.68. The summed E-state index contributed by atoms with van der Waals surface area (Å²) in [4.78, 5) is 22.2. The molecule has 0 fully saturated rings. The Labute approximate surface area is 88.0 Å². The highest BCUT2D eigenvalue weighted by molar-refractivity contribution is 5.95. The number of aryl methyl sites for hydroxylation is 1. The van der Waals surface area contributed by atoms with Gasteiger partial charge in [-0.05, 0) is 13.0 Å². The summed E-state index contributed by atoms with van der Waals surface area (Å²) in [5.41, 5.74) is 0. The third-order valence-electron chi connectivity index (χ3n) is 1.83. The number of ketones is 1. The largest absolute Gasteiger partial charge is 0.466 e. The van der Waals surface area contributed by atoms with Gasteiger partial charge in [0.15, 0.2) is 0 Å². The van der Waals surface area contributed by atoms with Crippen LogP contribution in [-0.2, 0) is 20.9 Å². The van der Waals surface area contributed by atoms with Crippen LogP contribution >= 0.6 is 0 Å².